The van der Waals surface area contributed by atoms with Crippen LogP contribution in [0.5, 0.6) is 5.75 Å². The van der Waals surface area contributed by atoms with Gasteiger partial charge in [-0.25, -0.2) is 0 Å². The minimum absolute atomic E-state index is 0.393. The van der Waals surface area contributed by atoms with Crippen LogP contribution in [0.1, 0.15) is 11.1 Å². The van der Waals surface area contributed by atoms with Gasteiger partial charge < -0.3 is 10.5 Å². The van der Waals surface area contributed by atoms with Crippen molar-refractivity contribution >= 4 is 27.2 Å². The van der Waals surface area contributed by atoms with Crippen LogP contribution in [-0.4, -0.2) is 12.1 Å². The van der Waals surface area contributed by atoms with Crippen LogP contribution < -0.4 is 10.5 Å². The zero-order valence-corrected chi connectivity index (χ0v) is 12.4. The molecule has 4 nitrogen and oxygen atoms in total. The minimum Gasteiger partial charge on any atom is -0.497 e. The molecule has 0 unspecified atom stereocenters. The molecule has 0 spiro atoms. The molecule has 0 saturated carbocycles. The van der Waals surface area contributed by atoms with Crippen molar-refractivity contribution in [3.8, 4) is 11.8 Å². The van der Waals surface area contributed by atoms with E-state index in [-0.39, 0.29) is 0 Å². The monoisotopic (exact) mass is 329 g/mol. The van der Waals surface area contributed by atoms with Gasteiger partial charge >= 0.3 is 0 Å². The number of benzene rings is 1. The molecular formula is C15H12BrN3O. The maximum atomic E-state index is 9.37. The lowest BCUT2D eigenvalue weighted by atomic mass is 10.0. The van der Waals surface area contributed by atoms with Crippen molar-refractivity contribution in [3.05, 3.63) is 58.3 Å². The van der Waals surface area contributed by atoms with Crippen molar-refractivity contribution in [2.45, 2.75) is 0 Å². The normalized spacial score (nSPS) is 11.4. The molecule has 0 radical (unpaired) electrons. The summed E-state index contributed by atoms with van der Waals surface area (Å²) < 4.78 is 5.99. The average Bonchev–Trinajstić information content (AvgIpc) is 2.49. The fourth-order valence-electron chi connectivity index (χ4n) is 1.77. The molecule has 0 amide bonds. The third kappa shape index (κ3) is 2.81. The van der Waals surface area contributed by atoms with E-state index in [1.165, 1.54) is 0 Å². The molecule has 1 aromatic heterocycles. The number of pyridine rings is 1. The highest BCUT2D eigenvalue weighted by Gasteiger charge is 2.12. The molecule has 0 aliphatic carbocycles. The number of ether oxygens (including phenoxy) is 1. The minimum atomic E-state index is 0.393. The first-order valence-electron chi connectivity index (χ1n) is 5.81. The smallest absolute Gasteiger partial charge is 0.119 e. The van der Waals surface area contributed by atoms with Crippen LogP contribution in [0.4, 0.5) is 0 Å². The van der Waals surface area contributed by atoms with Gasteiger partial charge in [-0.05, 0) is 35.9 Å². The maximum absolute atomic E-state index is 9.37. The molecule has 100 valence electrons. The number of nitrogens with zero attached hydrogens (tertiary/aromatic N) is 2. The third-order valence-electron chi connectivity index (χ3n) is 2.81. The van der Waals surface area contributed by atoms with Gasteiger partial charge in [-0.2, -0.15) is 5.26 Å². The van der Waals surface area contributed by atoms with Crippen LogP contribution in [0.25, 0.3) is 11.3 Å². The van der Waals surface area contributed by atoms with Crippen LogP contribution in [0.2, 0.25) is 0 Å². The fourth-order valence-corrected chi connectivity index (χ4v) is 2.23. The third-order valence-corrected chi connectivity index (χ3v) is 3.51. The Bertz CT molecular complexity index is 690. The number of allylic oxidation sites excluding steroid dienone is 1. The van der Waals surface area contributed by atoms with Gasteiger partial charge in [0.1, 0.15) is 11.8 Å². The van der Waals surface area contributed by atoms with E-state index in [1.807, 2.05) is 12.1 Å². The van der Waals surface area contributed by atoms with E-state index in [9.17, 15) is 5.26 Å². The van der Waals surface area contributed by atoms with Crippen LogP contribution in [0.3, 0.4) is 0 Å². The fraction of sp³-hybridized carbons (Fsp3) is 0.0667. The number of rotatable bonds is 3. The van der Waals surface area contributed by atoms with E-state index in [1.54, 1.807) is 37.7 Å². The summed E-state index contributed by atoms with van der Waals surface area (Å²) in [6, 6.07) is 11.1. The number of nitriles is 1. The second-order valence-corrected chi connectivity index (χ2v) is 4.84. The number of hydrogen-bond donors (Lipinski definition) is 1. The van der Waals surface area contributed by atoms with E-state index in [0.717, 1.165) is 15.6 Å². The topological polar surface area (TPSA) is 71.9 Å². The Morgan fingerprint density at radius 2 is 2.00 bits per heavy atom. The lowest BCUT2D eigenvalue weighted by Crippen LogP contribution is -2.02. The molecule has 0 aliphatic rings. The van der Waals surface area contributed by atoms with Crippen molar-refractivity contribution < 1.29 is 4.74 Å². The summed E-state index contributed by atoms with van der Waals surface area (Å²) in [4.78, 5) is 3.94. The second kappa shape index (κ2) is 6.22. The van der Waals surface area contributed by atoms with Crippen molar-refractivity contribution in [2.75, 3.05) is 7.11 Å². The maximum Gasteiger partial charge on any atom is 0.119 e. The summed E-state index contributed by atoms with van der Waals surface area (Å²) in [5.74, 6) is 0.679. The molecule has 1 heterocycles. The van der Waals surface area contributed by atoms with Crippen molar-refractivity contribution in [2.24, 2.45) is 5.73 Å². The number of methoxy groups -OCH3 is 1. The highest BCUT2D eigenvalue weighted by molar-refractivity contribution is 9.10. The molecule has 2 rings (SSSR count). The first-order valence-corrected chi connectivity index (χ1v) is 6.61. The molecule has 0 saturated heterocycles. The first kappa shape index (κ1) is 14.1. The number of halogens is 1. The molecule has 0 atom stereocenters. The molecule has 2 N–H and O–H groups in total. The average molecular weight is 330 g/mol. The summed E-state index contributed by atoms with van der Waals surface area (Å²) in [5.41, 5.74) is 8.41. The lowest BCUT2D eigenvalue weighted by molar-refractivity contribution is 0.414. The van der Waals surface area contributed by atoms with Crippen LogP contribution >= 0.6 is 15.9 Å². The number of aromatic nitrogens is 1. The Kier molecular flexibility index (Phi) is 4.38. The van der Waals surface area contributed by atoms with E-state index in [0.29, 0.717) is 17.0 Å². The Balaban J connectivity index is 2.61. The van der Waals surface area contributed by atoms with Crippen LogP contribution in [0.15, 0.2) is 47.2 Å². The molecule has 2 aromatic rings. The molecule has 0 fully saturated rings. The standard InChI is InChI=1S/C15H12BrN3O/c1-20-11-2-3-14(16)12(8-11)15(18)13(9-17)10-4-6-19-7-5-10/h2-8H,18H2,1H3/b15-13+. The molecule has 20 heavy (non-hydrogen) atoms. The van der Waals surface area contributed by atoms with Gasteiger partial charge in [-0.15, -0.1) is 0 Å². The van der Waals surface area contributed by atoms with Gasteiger partial charge in [0, 0.05) is 22.4 Å². The van der Waals surface area contributed by atoms with Crippen LogP contribution in [-0.2, 0) is 0 Å². The first-order chi connectivity index (χ1) is 9.67. The summed E-state index contributed by atoms with van der Waals surface area (Å²) >= 11 is 3.44. The Morgan fingerprint density at radius 1 is 1.30 bits per heavy atom. The molecular weight excluding hydrogens is 318 g/mol. The van der Waals surface area contributed by atoms with Crippen molar-refractivity contribution in [3.63, 3.8) is 0 Å². The van der Waals surface area contributed by atoms with Gasteiger partial charge in [-0.3, -0.25) is 4.98 Å². The zero-order valence-electron chi connectivity index (χ0n) is 10.8. The summed E-state index contributed by atoms with van der Waals surface area (Å²) in [5, 5.41) is 9.37. The molecule has 1 aromatic carbocycles. The van der Waals surface area contributed by atoms with Crippen molar-refractivity contribution in [1.29, 1.82) is 5.26 Å². The van der Waals surface area contributed by atoms with E-state index in [2.05, 4.69) is 27.0 Å². The van der Waals surface area contributed by atoms with Gasteiger partial charge in [0.2, 0.25) is 0 Å². The SMILES string of the molecule is COc1ccc(Br)c(/C(N)=C(/C#N)c2ccncc2)c1. The second-order valence-electron chi connectivity index (χ2n) is 3.98. The van der Waals surface area contributed by atoms with Gasteiger partial charge in [0.15, 0.2) is 0 Å². The summed E-state index contributed by atoms with van der Waals surface area (Å²) in [7, 11) is 1.58. The molecule has 0 bridgehead atoms. The summed E-state index contributed by atoms with van der Waals surface area (Å²) in [6.07, 6.45) is 3.25. The Hall–Kier alpha value is -2.32. The van der Waals surface area contributed by atoms with Gasteiger partial charge in [0.25, 0.3) is 0 Å². The van der Waals surface area contributed by atoms with Crippen LogP contribution in [0, 0.1) is 11.3 Å². The largest absolute Gasteiger partial charge is 0.497 e. The quantitative estimate of drug-likeness (QED) is 0.877. The Labute approximate surface area is 125 Å². The van der Waals surface area contributed by atoms with Crippen molar-refractivity contribution in [1.82, 2.24) is 4.98 Å². The van der Waals surface area contributed by atoms with E-state index < -0.39 is 0 Å². The van der Waals surface area contributed by atoms with E-state index in [4.69, 9.17) is 10.5 Å². The van der Waals surface area contributed by atoms with E-state index >= 15 is 0 Å². The predicted octanol–water partition coefficient (Wildman–Crippen LogP) is 3.20. The summed E-state index contributed by atoms with van der Waals surface area (Å²) in [6.45, 7) is 0. The number of nitrogens with two attached hydrogens (primary N) is 1. The lowest BCUT2D eigenvalue weighted by Gasteiger charge is -2.10. The highest BCUT2D eigenvalue weighted by atomic mass is 79.9. The van der Waals surface area contributed by atoms with Gasteiger partial charge in [-0.1, -0.05) is 15.9 Å². The number of hydrogen-bond acceptors (Lipinski definition) is 4. The molecule has 5 heteroatoms. The molecule has 0 aliphatic heterocycles. The zero-order chi connectivity index (χ0) is 14.5. The predicted molar refractivity (Wildman–Crippen MR) is 81.5 cm³/mol. The van der Waals surface area contributed by atoms with Gasteiger partial charge in [0.05, 0.1) is 18.4 Å². The highest BCUT2D eigenvalue weighted by Crippen LogP contribution is 2.30. The Morgan fingerprint density at radius 3 is 2.60 bits per heavy atom.